The van der Waals surface area contributed by atoms with Crippen LogP contribution >= 0.6 is 0 Å². The Bertz CT molecular complexity index is 1590. The van der Waals surface area contributed by atoms with Crippen LogP contribution in [0.15, 0.2) is 59.7 Å². The summed E-state index contributed by atoms with van der Waals surface area (Å²) in [6.45, 7) is 6.99. The first-order valence-electron chi connectivity index (χ1n) is 12.6. The zero-order valence-electron chi connectivity index (χ0n) is 21.9. The molecule has 0 amide bonds. The molecule has 3 heterocycles. The van der Waals surface area contributed by atoms with Crippen molar-refractivity contribution in [1.82, 2.24) is 20.1 Å². The number of halogens is 2. The topological polar surface area (TPSA) is 127 Å². The number of hydrogen-bond acceptors (Lipinski definition) is 8. The van der Waals surface area contributed by atoms with Crippen LogP contribution < -0.4 is 4.74 Å². The van der Waals surface area contributed by atoms with Gasteiger partial charge in [0.2, 0.25) is 11.7 Å². The van der Waals surface area contributed by atoms with Crippen molar-refractivity contribution in [2.24, 2.45) is 0 Å². The van der Waals surface area contributed by atoms with Gasteiger partial charge in [0.15, 0.2) is 5.82 Å². The van der Waals surface area contributed by atoms with Gasteiger partial charge in [-0.2, -0.15) is 9.97 Å². The second kappa shape index (κ2) is 11.5. The van der Waals surface area contributed by atoms with Crippen molar-refractivity contribution in [3.8, 4) is 17.4 Å². The quantitative estimate of drug-likeness (QED) is 0.268. The number of nitrogens with zero attached hydrogens (tertiary/aromatic N) is 3. The third-order valence-corrected chi connectivity index (χ3v) is 6.67. The molecule has 0 saturated carbocycles. The summed E-state index contributed by atoms with van der Waals surface area (Å²) in [5, 5.41) is 23.2. The van der Waals surface area contributed by atoms with E-state index in [0.29, 0.717) is 17.3 Å². The number of aryl methyl sites for hydroxylation is 1. The predicted octanol–water partition coefficient (Wildman–Crippen LogP) is 4.76. The van der Waals surface area contributed by atoms with E-state index < -0.39 is 29.9 Å². The standard InChI is InChI=1S/C29H28F2N4O5/c1-4-17(18-7-9-19(10-8-18)28-32-16(3)40-35-28)6-5-15(2)25-21(30)12-22-27(26(25)31)34-29(33-22)39-20-11-23(37)24(13-36)38-14-20/h4-10,12,20,23-24,36-37H,1,11,13-14H2,2-3H3,(H,33,34)/b15-5+,17-6+/t20-,23+,24-/m1/s1. The molecule has 3 atom stereocenters. The van der Waals surface area contributed by atoms with Crippen LogP contribution in [0.2, 0.25) is 0 Å². The minimum absolute atomic E-state index is 0.0244. The number of aromatic amines is 1. The third kappa shape index (κ3) is 5.57. The highest BCUT2D eigenvalue weighted by Crippen LogP contribution is 2.31. The van der Waals surface area contributed by atoms with Gasteiger partial charge >= 0.3 is 0 Å². The summed E-state index contributed by atoms with van der Waals surface area (Å²) in [4.78, 5) is 11.2. The number of aliphatic hydroxyl groups is 2. The smallest absolute Gasteiger partial charge is 0.295 e. The minimum Gasteiger partial charge on any atom is -0.459 e. The Hall–Kier alpha value is -4.19. The molecule has 1 aliphatic heterocycles. The first-order chi connectivity index (χ1) is 19.3. The van der Waals surface area contributed by atoms with E-state index in [-0.39, 0.29) is 42.2 Å². The lowest BCUT2D eigenvalue weighted by atomic mass is 10.0. The number of rotatable bonds is 8. The van der Waals surface area contributed by atoms with Gasteiger partial charge in [-0.05, 0) is 23.6 Å². The van der Waals surface area contributed by atoms with Crippen molar-refractivity contribution in [2.75, 3.05) is 13.2 Å². The molecule has 0 bridgehead atoms. The van der Waals surface area contributed by atoms with Gasteiger partial charge in [-0.25, -0.2) is 8.78 Å². The van der Waals surface area contributed by atoms with Crippen molar-refractivity contribution in [3.05, 3.63) is 83.8 Å². The largest absolute Gasteiger partial charge is 0.459 e. The Kier molecular flexibility index (Phi) is 7.88. The van der Waals surface area contributed by atoms with Gasteiger partial charge < -0.3 is 29.2 Å². The number of allylic oxidation sites excluding steroid dienone is 5. The Morgan fingerprint density at radius 2 is 2.00 bits per heavy atom. The van der Waals surface area contributed by atoms with E-state index in [9.17, 15) is 10.2 Å². The van der Waals surface area contributed by atoms with Crippen LogP contribution in [-0.2, 0) is 4.74 Å². The molecule has 3 N–H and O–H groups in total. The molecule has 4 aromatic rings. The highest BCUT2D eigenvalue weighted by molar-refractivity contribution is 5.84. The lowest BCUT2D eigenvalue weighted by Gasteiger charge is -2.31. The van der Waals surface area contributed by atoms with E-state index in [0.717, 1.165) is 22.8 Å². The van der Waals surface area contributed by atoms with E-state index in [1.54, 1.807) is 32.1 Å². The Morgan fingerprint density at radius 3 is 2.65 bits per heavy atom. The minimum atomic E-state index is -0.914. The van der Waals surface area contributed by atoms with Gasteiger partial charge in [0.1, 0.15) is 23.5 Å². The molecule has 2 aromatic carbocycles. The lowest BCUT2D eigenvalue weighted by molar-refractivity contribution is -0.131. The number of fused-ring (bicyclic) bond motifs is 1. The molecular weight excluding hydrogens is 522 g/mol. The van der Waals surface area contributed by atoms with E-state index in [1.165, 1.54) is 0 Å². The molecule has 11 heteroatoms. The van der Waals surface area contributed by atoms with Crippen LogP contribution in [0.4, 0.5) is 8.78 Å². The Morgan fingerprint density at radius 1 is 1.23 bits per heavy atom. The van der Waals surface area contributed by atoms with Crippen LogP contribution in [-0.4, -0.2) is 61.8 Å². The summed E-state index contributed by atoms with van der Waals surface area (Å²) in [5.41, 5.74) is 2.56. The molecule has 0 unspecified atom stereocenters. The fourth-order valence-corrected chi connectivity index (χ4v) is 4.53. The lowest BCUT2D eigenvalue weighted by Crippen LogP contribution is -2.45. The number of hydrogen-bond donors (Lipinski definition) is 3. The molecule has 1 saturated heterocycles. The van der Waals surface area contributed by atoms with Crippen LogP contribution in [0.5, 0.6) is 6.01 Å². The zero-order chi connectivity index (χ0) is 28.4. The van der Waals surface area contributed by atoms with Crippen molar-refractivity contribution < 1.29 is 33.0 Å². The van der Waals surface area contributed by atoms with Crippen LogP contribution in [0.1, 0.15) is 30.4 Å². The highest BCUT2D eigenvalue weighted by Gasteiger charge is 2.31. The summed E-state index contributed by atoms with van der Waals surface area (Å²) < 4.78 is 46.7. The average Bonchev–Trinajstić information content (AvgIpc) is 3.55. The summed E-state index contributed by atoms with van der Waals surface area (Å²) in [5.74, 6) is -0.636. The number of imidazole rings is 1. The number of aromatic nitrogens is 4. The molecule has 0 spiro atoms. The number of ether oxygens (including phenoxy) is 2. The molecular formula is C29H28F2N4O5. The van der Waals surface area contributed by atoms with Crippen LogP contribution in [0.3, 0.4) is 0 Å². The molecule has 208 valence electrons. The summed E-state index contributed by atoms with van der Waals surface area (Å²) in [6.07, 6.45) is 3.02. The highest BCUT2D eigenvalue weighted by atomic mass is 19.1. The number of benzene rings is 2. The SMILES string of the molecule is C=C/C(=C\C=C(/C)c1c(F)cc2[nH]c(O[C@H]3CO[C@H](CO)[C@@H](O)C3)nc2c1F)c1ccc(-c2noc(C)n2)cc1. The molecule has 0 aliphatic carbocycles. The first-order valence-corrected chi connectivity index (χ1v) is 12.6. The molecule has 40 heavy (non-hydrogen) atoms. The second-order valence-electron chi connectivity index (χ2n) is 9.47. The maximum atomic E-state index is 15.5. The summed E-state index contributed by atoms with van der Waals surface area (Å²) >= 11 is 0. The van der Waals surface area contributed by atoms with Gasteiger partial charge in [-0.3, -0.25) is 0 Å². The van der Waals surface area contributed by atoms with E-state index >= 15 is 8.78 Å². The molecule has 0 radical (unpaired) electrons. The molecule has 9 nitrogen and oxygen atoms in total. The number of H-pyrrole nitrogens is 1. The van der Waals surface area contributed by atoms with Crippen molar-refractivity contribution >= 4 is 22.2 Å². The zero-order valence-corrected chi connectivity index (χ0v) is 21.9. The monoisotopic (exact) mass is 550 g/mol. The van der Waals surface area contributed by atoms with Crippen LogP contribution in [0, 0.1) is 18.6 Å². The second-order valence-corrected chi connectivity index (χ2v) is 9.47. The van der Waals surface area contributed by atoms with Gasteiger partial charge in [0.05, 0.1) is 30.4 Å². The maximum absolute atomic E-state index is 15.5. The molecule has 5 rings (SSSR count). The fraction of sp³-hybridized carbons (Fsp3) is 0.276. The van der Waals surface area contributed by atoms with Crippen LogP contribution in [0.25, 0.3) is 33.6 Å². The van der Waals surface area contributed by atoms with E-state index in [2.05, 4.69) is 26.7 Å². The third-order valence-electron chi connectivity index (χ3n) is 6.67. The predicted molar refractivity (Wildman–Crippen MR) is 144 cm³/mol. The van der Waals surface area contributed by atoms with E-state index in [4.69, 9.17) is 14.0 Å². The normalized spacial score (nSPS) is 20.2. The number of nitrogens with one attached hydrogen (secondary N) is 1. The molecule has 1 aliphatic rings. The maximum Gasteiger partial charge on any atom is 0.295 e. The Labute approximate surface area is 228 Å². The van der Waals surface area contributed by atoms with Gasteiger partial charge in [0, 0.05) is 25.0 Å². The average molecular weight is 551 g/mol. The number of aliphatic hydroxyl groups excluding tert-OH is 2. The fourth-order valence-electron chi connectivity index (χ4n) is 4.53. The van der Waals surface area contributed by atoms with Gasteiger partial charge in [-0.15, -0.1) is 0 Å². The van der Waals surface area contributed by atoms with Crippen molar-refractivity contribution in [2.45, 2.75) is 38.6 Å². The van der Waals surface area contributed by atoms with Gasteiger partial charge in [0.25, 0.3) is 6.01 Å². The van der Waals surface area contributed by atoms with E-state index in [1.807, 2.05) is 24.3 Å². The molecule has 1 fully saturated rings. The van der Waals surface area contributed by atoms with Crippen molar-refractivity contribution in [3.63, 3.8) is 0 Å². The summed E-state index contributed by atoms with van der Waals surface area (Å²) in [7, 11) is 0. The van der Waals surface area contributed by atoms with Gasteiger partial charge in [-0.1, -0.05) is 54.2 Å². The van der Waals surface area contributed by atoms with Crippen molar-refractivity contribution in [1.29, 1.82) is 0 Å². The first kappa shape index (κ1) is 27.4. The Balaban J connectivity index is 1.37. The molecule has 2 aromatic heterocycles. The summed E-state index contributed by atoms with van der Waals surface area (Å²) in [6, 6.07) is 8.58.